The highest BCUT2D eigenvalue weighted by molar-refractivity contribution is 7.09. The van der Waals surface area contributed by atoms with Gasteiger partial charge in [-0.1, -0.05) is 6.07 Å². The molecule has 1 N–H and O–H groups in total. The van der Waals surface area contributed by atoms with E-state index in [-0.39, 0.29) is 11.9 Å². The van der Waals surface area contributed by atoms with Crippen LogP contribution in [-0.2, 0) is 20.7 Å². The normalized spacial score (nSPS) is 22.1. The maximum Gasteiger partial charge on any atom is 0.251 e. The van der Waals surface area contributed by atoms with Crippen molar-refractivity contribution in [3.63, 3.8) is 0 Å². The van der Waals surface area contributed by atoms with Gasteiger partial charge in [0.1, 0.15) is 0 Å². The average Bonchev–Trinajstić information content (AvgIpc) is 2.82. The van der Waals surface area contributed by atoms with Gasteiger partial charge in [-0.15, -0.1) is 11.3 Å². The number of amides is 1. The first-order chi connectivity index (χ1) is 8.25. The van der Waals surface area contributed by atoms with Crippen molar-refractivity contribution in [2.24, 2.45) is 0 Å². The number of thiophene rings is 1. The van der Waals surface area contributed by atoms with Crippen molar-refractivity contribution in [2.45, 2.75) is 25.5 Å². The molecule has 0 spiro atoms. The van der Waals surface area contributed by atoms with Crippen molar-refractivity contribution in [1.82, 2.24) is 5.32 Å². The van der Waals surface area contributed by atoms with Gasteiger partial charge in [0.2, 0.25) is 0 Å². The van der Waals surface area contributed by atoms with E-state index in [1.54, 1.807) is 11.3 Å². The quantitative estimate of drug-likeness (QED) is 0.879. The number of hydrogen-bond donors (Lipinski definition) is 1. The Morgan fingerprint density at radius 3 is 3.18 bits per heavy atom. The number of carbonyl (C=O) groups excluding carboxylic acids is 1. The van der Waals surface area contributed by atoms with Gasteiger partial charge in [-0.2, -0.15) is 0 Å². The summed E-state index contributed by atoms with van der Waals surface area (Å²) in [5.74, 6) is -0.0752. The molecule has 1 aliphatic heterocycles. The zero-order chi connectivity index (χ0) is 12.1. The third kappa shape index (κ3) is 3.80. The Kier molecular flexibility index (Phi) is 4.53. The lowest BCUT2D eigenvalue weighted by Gasteiger charge is -2.23. The minimum atomic E-state index is -0.450. The van der Waals surface area contributed by atoms with Gasteiger partial charge >= 0.3 is 0 Å². The van der Waals surface area contributed by atoms with Crippen LogP contribution >= 0.6 is 11.3 Å². The van der Waals surface area contributed by atoms with Crippen LogP contribution in [-0.4, -0.2) is 37.9 Å². The smallest absolute Gasteiger partial charge is 0.251 e. The molecule has 1 aromatic rings. The molecule has 2 heterocycles. The van der Waals surface area contributed by atoms with E-state index in [1.807, 2.05) is 18.4 Å². The average molecular weight is 255 g/mol. The second-order valence-electron chi connectivity index (χ2n) is 4.13. The monoisotopic (exact) mass is 255 g/mol. The minimum absolute atomic E-state index is 0.0752. The molecule has 2 rings (SSSR count). The van der Waals surface area contributed by atoms with E-state index >= 15 is 0 Å². The van der Waals surface area contributed by atoms with Gasteiger partial charge in [0.05, 0.1) is 19.8 Å². The highest BCUT2D eigenvalue weighted by Gasteiger charge is 2.23. The molecule has 5 heteroatoms. The summed E-state index contributed by atoms with van der Waals surface area (Å²) in [6.45, 7) is 3.44. The molecule has 2 atom stereocenters. The molecule has 1 saturated heterocycles. The molecule has 0 unspecified atom stereocenters. The zero-order valence-corrected chi connectivity index (χ0v) is 10.7. The van der Waals surface area contributed by atoms with Gasteiger partial charge < -0.3 is 14.8 Å². The Morgan fingerprint density at radius 2 is 2.53 bits per heavy atom. The summed E-state index contributed by atoms with van der Waals surface area (Å²) in [6, 6.07) is 4.21. The molecule has 94 valence electrons. The summed E-state index contributed by atoms with van der Waals surface area (Å²) in [5.41, 5.74) is 0. The lowest BCUT2D eigenvalue weighted by molar-refractivity contribution is -0.148. The Labute approximate surface area is 105 Å². The van der Waals surface area contributed by atoms with Gasteiger partial charge in [-0.25, -0.2) is 0 Å². The summed E-state index contributed by atoms with van der Waals surface area (Å²) in [4.78, 5) is 13.1. The van der Waals surface area contributed by atoms with Crippen LogP contribution < -0.4 is 5.32 Å². The topological polar surface area (TPSA) is 47.6 Å². The molecule has 4 nitrogen and oxygen atoms in total. The lowest BCUT2D eigenvalue weighted by Crippen LogP contribution is -2.46. The van der Waals surface area contributed by atoms with Crippen LogP contribution in [0.25, 0.3) is 0 Å². The summed E-state index contributed by atoms with van der Waals surface area (Å²) in [7, 11) is 0. The van der Waals surface area contributed by atoms with Crippen LogP contribution in [0.5, 0.6) is 0 Å². The molecule has 0 radical (unpaired) electrons. The summed E-state index contributed by atoms with van der Waals surface area (Å²) in [5, 5.41) is 4.99. The molecular weight excluding hydrogens is 238 g/mol. The van der Waals surface area contributed by atoms with Crippen LogP contribution in [0.15, 0.2) is 17.5 Å². The van der Waals surface area contributed by atoms with Crippen LogP contribution in [0, 0.1) is 0 Å². The molecule has 17 heavy (non-hydrogen) atoms. The lowest BCUT2D eigenvalue weighted by atomic mass is 10.2. The molecule has 0 aliphatic carbocycles. The van der Waals surface area contributed by atoms with E-state index in [2.05, 4.69) is 11.4 Å². The Bertz CT molecular complexity index is 347. The van der Waals surface area contributed by atoms with Crippen LogP contribution in [0.4, 0.5) is 0 Å². The molecule has 1 aliphatic rings. The molecule has 1 aromatic heterocycles. The van der Waals surface area contributed by atoms with E-state index in [9.17, 15) is 4.79 Å². The standard InChI is InChI=1S/C12H17NO3S/c1-9(7-10-3-2-6-17-10)13-12(14)11-8-15-4-5-16-11/h2-3,6,9,11H,4-5,7-8H2,1H3,(H,13,14)/t9-,11-/m1/s1. The molecule has 0 aromatic carbocycles. The SMILES string of the molecule is C[C@H](Cc1cccs1)NC(=O)[C@H]1COCCO1. The fraction of sp³-hybridized carbons (Fsp3) is 0.583. The number of nitrogens with one attached hydrogen (secondary N) is 1. The zero-order valence-electron chi connectivity index (χ0n) is 9.85. The second-order valence-corrected chi connectivity index (χ2v) is 5.16. The van der Waals surface area contributed by atoms with E-state index in [0.29, 0.717) is 19.8 Å². The summed E-state index contributed by atoms with van der Waals surface area (Å²) in [6.07, 6.45) is 0.409. The van der Waals surface area contributed by atoms with Gasteiger partial charge in [-0.05, 0) is 18.4 Å². The first-order valence-electron chi connectivity index (χ1n) is 5.78. The largest absolute Gasteiger partial charge is 0.376 e. The van der Waals surface area contributed by atoms with Gasteiger partial charge in [-0.3, -0.25) is 4.79 Å². The first-order valence-corrected chi connectivity index (χ1v) is 6.66. The molecule has 0 saturated carbocycles. The van der Waals surface area contributed by atoms with Gasteiger partial charge in [0, 0.05) is 17.3 Å². The van der Waals surface area contributed by atoms with Crippen LogP contribution in [0.3, 0.4) is 0 Å². The molecule has 1 amide bonds. The number of rotatable bonds is 4. The number of ether oxygens (including phenoxy) is 2. The van der Waals surface area contributed by atoms with Crippen molar-refractivity contribution in [1.29, 1.82) is 0 Å². The van der Waals surface area contributed by atoms with E-state index in [4.69, 9.17) is 9.47 Å². The van der Waals surface area contributed by atoms with Crippen LogP contribution in [0.2, 0.25) is 0 Å². The van der Waals surface area contributed by atoms with Crippen molar-refractivity contribution in [2.75, 3.05) is 19.8 Å². The minimum Gasteiger partial charge on any atom is -0.376 e. The number of hydrogen-bond acceptors (Lipinski definition) is 4. The Balaban J connectivity index is 1.77. The maximum atomic E-state index is 11.8. The third-order valence-electron chi connectivity index (χ3n) is 2.58. The predicted molar refractivity (Wildman–Crippen MR) is 66.2 cm³/mol. The molecule has 1 fully saturated rings. The highest BCUT2D eigenvalue weighted by Crippen LogP contribution is 2.11. The maximum absolute atomic E-state index is 11.8. The second kappa shape index (κ2) is 6.14. The van der Waals surface area contributed by atoms with Crippen molar-refractivity contribution < 1.29 is 14.3 Å². The van der Waals surface area contributed by atoms with E-state index in [0.717, 1.165) is 6.42 Å². The Morgan fingerprint density at radius 1 is 1.65 bits per heavy atom. The first kappa shape index (κ1) is 12.5. The highest BCUT2D eigenvalue weighted by atomic mass is 32.1. The Hall–Kier alpha value is -0.910. The van der Waals surface area contributed by atoms with Crippen LogP contribution in [0.1, 0.15) is 11.8 Å². The van der Waals surface area contributed by atoms with Gasteiger partial charge in [0.25, 0.3) is 5.91 Å². The van der Waals surface area contributed by atoms with Crippen molar-refractivity contribution in [3.8, 4) is 0 Å². The van der Waals surface area contributed by atoms with Gasteiger partial charge in [0.15, 0.2) is 6.10 Å². The summed E-state index contributed by atoms with van der Waals surface area (Å²) >= 11 is 1.71. The van der Waals surface area contributed by atoms with Crippen molar-refractivity contribution >= 4 is 17.2 Å². The predicted octanol–water partition coefficient (Wildman–Crippen LogP) is 1.21. The summed E-state index contributed by atoms with van der Waals surface area (Å²) < 4.78 is 10.5. The fourth-order valence-electron chi connectivity index (χ4n) is 1.76. The molecular formula is C12H17NO3S. The van der Waals surface area contributed by atoms with E-state index < -0.39 is 6.10 Å². The van der Waals surface area contributed by atoms with Crippen molar-refractivity contribution in [3.05, 3.63) is 22.4 Å². The third-order valence-corrected chi connectivity index (χ3v) is 3.48. The van der Waals surface area contributed by atoms with E-state index in [1.165, 1.54) is 4.88 Å². The molecule has 0 bridgehead atoms. The number of carbonyl (C=O) groups is 1. The fourth-order valence-corrected chi connectivity index (χ4v) is 2.59.